The molecule has 1 atom stereocenters. The first kappa shape index (κ1) is 13.0. The van der Waals surface area contributed by atoms with Gasteiger partial charge < -0.3 is 15.6 Å². The van der Waals surface area contributed by atoms with Gasteiger partial charge in [0.2, 0.25) is 0 Å². The van der Waals surface area contributed by atoms with Crippen molar-refractivity contribution >= 4 is 34.8 Å². The fourth-order valence-corrected chi connectivity index (χ4v) is 1.99. The molecule has 7 heteroatoms. The Hall–Kier alpha value is -1.46. The summed E-state index contributed by atoms with van der Waals surface area (Å²) in [5, 5.41) is 3.99. The lowest BCUT2D eigenvalue weighted by Gasteiger charge is -2.16. The van der Waals surface area contributed by atoms with E-state index in [4.69, 9.17) is 28.9 Å². The molecule has 0 amide bonds. The van der Waals surface area contributed by atoms with Gasteiger partial charge in [-0.05, 0) is 13.0 Å². The van der Waals surface area contributed by atoms with Gasteiger partial charge in [0, 0.05) is 25.0 Å². The molecule has 5 nitrogen and oxygen atoms in total. The van der Waals surface area contributed by atoms with Crippen molar-refractivity contribution in [1.29, 1.82) is 0 Å². The minimum atomic E-state index is 0.129. The maximum atomic E-state index is 6.04. The molecule has 0 saturated carbocycles. The molecule has 0 spiro atoms. The van der Waals surface area contributed by atoms with E-state index >= 15 is 0 Å². The first-order valence-corrected chi connectivity index (χ1v) is 6.15. The Morgan fingerprint density at radius 1 is 1.44 bits per heavy atom. The highest BCUT2D eigenvalue weighted by Crippen LogP contribution is 2.27. The average Bonchev–Trinajstić information content (AvgIpc) is 2.78. The first-order chi connectivity index (χ1) is 8.56. The molecule has 0 aromatic carbocycles. The molecule has 18 heavy (non-hydrogen) atoms. The van der Waals surface area contributed by atoms with Crippen molar-refractivity contribution in [2.45, 2.75) is 19.5 Å². The summed E-state index contributed by atoms with van der Waals surface area (Å²) in [6, 6.07) is 1.71. The van der Waals surface area contributed by atoms with E-state index in [2.05, 4.69) is 15.3 Å². The molecule has 0 radical (unpaired) electrons. The van der Waals surface area contributed by atoms with Gasteiger partial charge in [-0.25, -0.2) is 9.97 Å². The number of hydrogen-bond donors (Lipinski definition) is 2. The van der Waals surface area contributed by atoms with Gasteiger partial charge in [-0.2, -0.15) is 0 Å². The number of rotatable bonds is 4. The van der Waals surface area contributed by atoms with Gasteiger partial charge in [0.05, 0.1) is 16.4 Å². The third-order valence-electron chi connectivity index (χ3n) is 2.38. The van der Waals surface area contributed by atoms with Crippen LogP contribution in [0, 0.1) is 0 Å². The summed E-state index contributed by atoms with van der Waals surface area (Å²) >= 11 is 11.9. The number of imidazole rings is 1. The van der Waals surface area contributed by atoms with Gasteiger partial charge in [0.25, 0.3) is 0 Å². The van der Waals surface area contributed by atoms with Gasteiger partial charge in [0.1, 0.15) is 11.6 Å². The standard InChI is InChI=1S/C11H13Cl2N5/c1-7(5-18-3-2-15-6-18)16-11-9(13)4-8(12)10(14)17-11/h2-4,6-7H,5H2,1H3,(H3,14,16,17). The summed E-state index contributed by atoms with van der Waals surface area (Å²) in [6.45, 7) is 2.77. The van der Waals surface area contributed by atoms with Gasteiger partial charge in [-0.15, -0.1) is 0 Å². The Balaban J connectivity index is 2.07. The summed E-state index contributed by atoms with van der Waals surface area (Å²) < 4.78 is 1.96. The summed E-state index contributed by atoms with van der Waals surface area (Å²) in [4.78, 5) is 8.10. The van der Waals surface area contributed by atoms with E-state index in [0.29, 0.717) is 15.9 Å². The lowest BCUT2D eigenvalue weighted by atomic mass is 10.3. The van der Waals surface area contributed by atoms with Gasteiger partial charge in [0.15, 0.2) is 0 Å². The van der Waals surface area contributed by atoms with Crippen molar-refractivity contribution in [3.63, 3.8) is 0 Å². The minimum Gasteiger partial charge on any atom is -0.382 e. The SMILES string of the molecule is CC(Cn1ccnc1)Nc1nc(N)c(Cl)cc1Cl. The lowest BCUT2D eigenvalue weighted by molar-refractivity contribution is 0.617. The number of nitrogens with two attached hydrogens (primary N) is 1. The molecule has 2 rings (SSSR count). The van der Waals surface area contributed by atoms with Crippen LogP contribution >= 0.6 is 23.2 Å². The number of hydrogen-bond acceptors (Lipinski definition) is 4. The van der Waals surface area contributed by atoms with Crippen LogP contribution in [0.3, 0.4) is 0 Å². The Morgan fingerprint density at radius 3 is 2.89 bits per heavy atom. The van der Waals surface area contributed by atoms with Crippen LogP contribution in [0.25, 0.3) is 0 Å². The van der Waals surface area contributed by atoms with Crippen LogP contribution in [0.15, 0.2) is 24.8 Å². The highest BCUT2D eigenvalue weighted by atomic mass is 35.5. The summed E-state index contributed by atoms with van der Waals surface area (Å²) in [5.41, 5.74) is 5.64. The zero-order valence-corrected chi connectivity index (χ0v) is 11.3. The molecular weight excluding hydrogens is 273 g/mol. The van der Waals surface area contributed by atoms with Crippen molar-refractivity contribution < 1.29 is 0 Å². The van der Waals surface area contributed by atoms with Crippen molar-refractivity contribution in [3.8, 4) is 0 Å². The number of nitrogens with one attached hydrogen (secondary N) is 1. The Morgan fingerprint density at radius 2 is 2.22 bits per heavy atom. The predicted octanol–water partition coefficient (Wildman–Crippen LogP) is 2.67. The van der Waals surface area contributed by atoms with Crippen LogP contribution in [0.5, 0.6) is 0 Å². The second-order valence-corrected chi connectivity index (χ2v) is 4.81. The van der Waals surface area contributed by atoms with E-state index in [9.17, 15) is 0 Å². The van der Waals surface area contributed by atoms with Crippen LogP contribution in [0.1, 0.15) is 6.92 Å². The molecule has 3 N–H and O–H groups in total. The largest absolute Gasteiger partial charge is 0.382 e. The molecule has 0 aliphatic carbocycles. The number of nitrogens with zero attached hydrogens (tertiary/aromatic N) is 3. The second-order valence-electron chi connectivity index (χ2n) is 3.99. The summed E-state index contributed by atoms with van der Waals surface area (Å²) in [5.74, 6) is 0.796. The van der Waals surface area contributed by atoms with Gasteiger partial charge >= 0.3 is 0 Å². The molecule has 2 aromatic heterocycles. The maximum absolute atomic E-state index is 6.04. The first-order valence-electron chi connectivity index (χ1n) is 5.40. The number of aromatic nitrogens is 3. The predicted molar refractivity (Wildman–Crippen MR) is 74.0 cm³/mol. The van der Waals surface area contributed by atoms with Crippen LogP contribution in [-0.2, 0) is 6.54 Å². The number of halogens is 2. The molecule has 0 saturated heterocycles. The van der Waals surface area contributed by atoms with Gasteiger partial charge in [-0.3, -0.25) is 0 Å². The third kappa shape index (κ3) is 3.05. The minimum absolute atomic E-state index is 0.129. The van der Waals surface area contributed by atoms with E-state index in [1.807, 2.05) is 17.7 Å². The van der Waals surface area contributed by atoms with Crippen LogP contribution in [0.4, 0.5) is 11.6 Å². The topological polar surface area (TPSA) is 68.8 Å². The Kier molecular flexibility index (Phi) is 3.93. The summed E-state index contributed by atoms with van der Waals surface area (Å²) in [6.07, 6.45) is 5.38. The van der Waals surface area contributed by atoms with E-state index in [1.165, 1.54) is 0 Å². The highest BCUT2D eigenvalue weighted by molar-refractivity contribution is 6.37. The molecule has 2 aromatic rings. The lowest BCUT2D eigenvalue weighted by Crippen LogP contribution is -2.22. The zero-order valence-electron chi connectivity index (χ0n) is 9.77. The second kappa shape index (κ2) is 5.46. The van der Waals surface area contributed by atoms with E-state index in [-0.39, 0.29) is 11.9 Å². The molecule has 96 valence electrons. The molecule has 1 unspecified atom stereocenters. The number of anilines is 2. The Labute approximate surface area is 115 Å². The van der Waals surface area contributed by atoms with Crippen molar-refractivity contribution in [3.05, 3.63) is 34.8 Å². The molecule has 0 fully saturated rings. The van der Waals surface area contributed by atoms with E-state index in [1.54, 1.807) is 18.6 Å². The molecular formula is C11H13Cl2N5. The van der Waals surface area contributed by atoms with Crippen LogP contribution in [0.2, 0.25) is 10.0 Å². The third-order valence-corrected chi connectivity index (χ3v) is 2.97. The monoisotopic (exact) mass is 285 g/mol. The quantitative estimate of drug-likeness (QED) is 0.906. The smallest absolute Gasteiger partial charge is 0.147 e. The van der Waals surface area contributed by atoms with Crippen molar-refractivity contribution in [2.75, 3.05) is 11.1 Å². The van der Waals surface area contributed by atoms with Crippen molar-refractivity contribution in [2.24, 2.45) is 0 Å². The average molecular weight is 286 g/mol. The zero-order chi connectivity index (χ0) is 13.1. The van der Waals surface area contributed by atoms with Crippen molar-refractivity contribution in [1.82, 2.24) is 14.5 Å². The fraction of sp³-hybridized carbons (Fsp3) is 0.273. The number of pyridine rings is 1. The molecule has 0 aliphatic heterocycles. The maximum Gasteiger partial charge on any atom is 0.147 e. The van der Waals surface area contributed by atoms with E-state index in [0.717, 1.165) is 6.54 Å². The molecule has 0 aliphatic rings. The van der Waals surface area contributed by atoms with E-state index < -0.39 is 0 Å². The molecule has 0 bridgehead atoms. The normalized spacial score (nSPS) is 12.4. The number of nitrogen functional groups attached to an aromatic ring is 1. The molecule has 2 heterocycles. The fourth-order valence-electron chi connectivity index (χ4n) is 1.57. The Bertz CT molecular complexity index is 526. The highest BCUT2D eigenvalue weighted by Gasteiger charge is 2.10. The van der Waals surface area contributed by atoms with Crippen LogP contribution < -0.4 is 11.1 Å². The van der Waals surface area contributed by atoms with Crippen LogP contribution in [-0.4, -0.2) is 20.6 Å². The van der Waals surface area contributed by atoms with Gasteiger partial charge in [-0.1, -0.05) is 23.2 Å². The summed E-state index contributed by atoms with van der Waals surface area (Å²) in [7, 11) is 0.